The zero-order chi connectivity index (χ0) is 16.9. The maximum atomic E-state index is 13.8. The number of nitrogens with two attached hydrogens (primary N) is 1. The third-order valence-electron chi connectivity index (χ3n) is 3.72. The van der Waals surface area contributed by atoms with E-state index in [9.17, 15) is 21.6 Å². The molecule has 8 heteroatoms. The third-order valence-corrected chi connectivity index (χ3v) is 6.27. The van der Waals surface area contributed by atoms with Crippen molar-refractivity contribution in [1.29, 1.82) is 0 Å². The Bertz CT molecular complexity index is 684. The predicted octanol–water partition coefficient (Wildman–Crippen LogP) is 2.92. The molecule has 1 heterocycles. The molecule has 1 saturated heterocycles. The van der Waals surface area contributed by atoms with Crippen molar-refractivity contribution in [2.45, 2.75) is 43.9 Å². The number of alkyl halides is 2. The highest BCUT2D eigenvalue weighted by atomic mass is 32.2. The molecule has 22 heavy (non-hydrogen) atoms. The van der Waals surface area contributed by atoms with Gasteiger partial charge in [0.1, 0.15) is 5.82 Å². The Morgan fingerprint density at radius 2 is 1.91 bits per heavy atom. The zero-order valence-corrected chi connectivity index (χ0v) is 13.4. The summed E-state index contributed by atoms with van der Waals surface area (Å²) in [5.41, 5.74) is 5.87. The van der Waals surface area contributed by atoms with E-state index in [1.165, 1.54) is 26.8 Å². The summed E-state index contributed by atoms with van der Waals surface area (Å²) >= 11 is 0. The molecule has 0 unspecified atom stereocenters. The fraction of sp³-hybridized carbons (Fsp3) is 0.571. The van der Waals surface area contributed by atoms with Crippen molar-refractivity contribution in [2.75, 3.05) is 12.3 Å². The molecule has 2 N–H and O–H groups in total. The van der Waals surface area contributed by atoms with E-state index in [0.717, 1.165) is 16.4 Å². The van der Waals surface area contributed by atoms with Crippen molar-refractivity contribution >= 4 is 15.7 Å². The molecule has 0 saturated carbocycles. The fourth-order valence-electron chi connectivity index (χ4n) is 2.51. The van der Waals surface area contributed by atoms with Crippen molar-refractivity contribution in [3.05, 3.63) is 29.6 Å². The van der Waals surface area contributed by atoms with Crippen molar-refractivity contribution in [3.8, 4) is 0 Å². The van der Waals surface area contributed by atoms with Gasteiger partial charge in [0.15, 0.2) is 0 Å². The second-order valence-electron chi connectivity index (χ2n) is 6.51. The minimum absolute atomic E-state index is 0.0307. The average Bonchev–Trinajstić information content (AvgIpc) is 2.64. The monoisotopic (exact) mass is 336 g/mol. The van der Waals surface area contributed by atoms with Crippen LogP contribution in [-0.2, 0) is 10.0 Å². The molecule has 0 spiro atoms. The summed E-state index contributed by atoms with van der Waals surface area (Å²) < 4.78 is 65.6. The SMILES string of the molecule is CC(C)(C)S(=O)(=O)N1CC(F)(F)C[C@@H]1c1ccc(F)cc1N. The molecule has 4 nitrogen and oxygen atoms in total. The summed E-state index contributed by atoms with van der Waals surface area (Å²) in [7, 11) is -3.97. The van der Waals surface area contributed by atoms with Crippen molar-refractivity contribution in [2.24, 2.45) is 0 Å². The summed E-state index contributed by atoms with van der Waals surface area (Å²) in [6.07, 6.45) is -0.669. The van der Waals surface area contributed by atoms with Crippen LogP contribution in [0.4, 0.5) is 18.9 Å². The Hall–Kier alpha value is -1.28. The second-order valence-corrected chi connectivity index (χ2v) is 9.16. The molecule has 0 bridgehead atoms. The summed E-state index contributed by atoms with van der Waals surface area (Å²) in [5.74, 6) is -3.75. The minimum atomic E-state index is -3.97. The molecule has 0 amide bonds. The van der Waals surface area contributed by atoms with Crippen LogP contribution in [0.1, 0.15) is 38.8 Å². The van der Waals surface area contributed by atoms with Crippen molar-refractivity contribution < 1.29 is 21.6 Å². The van der Waals surface area contributed by atoms with Gasteiger partial charge >= 0.3 is 0 Å². The first-order valence-corrected chi connectivity index (χ1v) is 8.23. The highest BCUT2D eigenvalue weighted by Crippen LogP contribution is 2.46. The van der Waals surface area contributed by atoms with Crippen LogP contribution in [0.25, 0.3) is 0 Å². The number of sulfonamides is 1. The molecule has 1 aliphatic heterocycles. The molecule has 0 radical (unpaired) electrons. The number of anilines is 1. The van der Waals surface area contributed by atoms with E-state index in [4.69, 9.17) is 5.73 Å². The Morgan fingerprint density at radius 1 is 1.32 bits per heavy atom. The van der Waals surface area contributed by atoms with Gasteiger partial charge in [-0.25, -0.2) is 21.6 Å². The van der Waals surface area contributed by atoms with E-state index in [1.807, 2.05) is 0 Å². The maximum Gasteiger partial charge on any atom is 0.263 e. The van der Waals surface area contributed by atoms with Gasteiger partial charge in [-0.2, -0.15) is 4.31 Å². The first-order chi connectivity index (χ1) is 9.85. The molecule has 1 aromatic carbocycles. The van der Waals surface area contributed by atoms with Crippen molar-refractivity contribution in [1.82, 2.24) is 4.31 Å². The molecule has 0 aromatic heterocycles. The molecule has 124 valence electrons. The van der Waals surface area contributed by atoms with Gasteiger partial charge in [-0.1, -0.05) is 6.07 Å². The standard InChI is InChI=1S/C14H19F3N2O2S/c1-13(2,3)22(20,21)19-8-14(16,17)7-12(19)10-5-4-9(15)6-11(10)18/h4-6,12H,7-8,18H2,1-3H3/t12-/m1/s1. The van der Waals surface area contributed by atoms with Crippen molar-refractivity contribution in [3.63, 3.8) is 0 Å². The number of hydrogen-bond donors (Lipinski definition) is 1. The normalized spacial score (nSPS) is 22.9. The van der Waals surface area contributed by atoms with Gasteiger partial charge in [-0.05, 0) is 38.5 Å². The number of rotatable bonds is 2. The Balaban J connectivity index is 2.53. The molecular weight excluding hydrogens is 317 g/mol. The fourth-order valence-corrected chi connectivity index (χ4v) is 4.09. The zero-order valence-electron chi connectivity index (χ0n) is 12.6. The Morgan fingerprint density at radius 3 is 2.41 bits per heavy atom. The molecule has 1 aromatic rings. The summed E-state index contributed by atoms with van der Waals surface area (Å²) in [5, 5.41) is 0. The average molecular weight is 336 g/mol. The van der Waals surface area contributed by atoms with Crippen LogP contribution in [0.15, 0.2) is 18.2 Å². The van der Waals surface area contributed by atoms with Gasteiger partial charge in [0.05, 0.1) is 17.3 Å². The number of nitrogen functional groups attached to an aromatic ring is 1. The Kier molecular flexibility index (Phi) is 3.98. The van der Waals surface area contributed by atoms with Gasteiger partial charge in [-0.15, -0.1) is 0 Å². The topological polar surface area (TPSA) is 63.4 Å². The molecular formula is C14H19F3N2O2S. The van der Waals surface area contributed by atoms with Gasteiger partial charge in [-0.3, -0.25) is 0 Å². The van der Waals surface area contributed by atoms with Crippen LogP contribution in [0.2, 0.25) is 0 Å². The quantitative estimate of drug-likeness (QED) is 0.845. The maximum absolute atomic E-state index is 13.8. The molecule has 0 aliphatic carbocycles. The molecule has 1 atom stereocenters. The van der Waals surface area contributed by atoms with Crippen LogP contribution in [0.5, 0.6) is 0 Å². The minimum Gasteiger partial charge on any atom is -0.398 e. The molecule has 1 fully saturated rings. The van der Waals surface area contributed by atoms with Crippen LogP contribution in [0, 0.1) is 5.82 Å². The van der Waals surface area contributed by atoms with Gasteiger partial charge in [0.25, 0.3) is 5.92 Å². The summed E-state index contributed by atoms with van der Waals surface area (Å²) in [6, 6.07) is 2.26. The van der Waals surface area contributed by atoms with Crippen LogP contribution >= 0.6 is 0 Å². The van der Waals surface area contributed by atoms with Gasteiger partial charge < -0.3 is 5.73 Å². The predicted molar refractivity (Wildman–Crippen MR) is 78.5 cm³/mol. The highest BCUT2D eigenvalue weighted by Gasteiger charge is 2.53. The van der Waals surface area contributed by atoms with E-state index in [-0.39, 0.29) is 11.3 Å². The molecule has 2 rings (SSSR count). The van der Waals surface area contributed by atoms with E-state index in [2.05, 4.69) is 0 Å². The van der Waals surface area contributed by atoms with Gasteiger partial charge in [0.2, 0.25) is 10.0 Å². The number of nitrogens with zero attached hydrogens (tertiary/aromatic N) is 1. The smallest absolute Gasteiger partial charge is 0.263 e. The highest BCUT2D eigenvalue weighted by molar-refractivity contribution is 7.90. The Labute approximate surface area is 128 Å². The lowest BCUT2D eigenvalue weighted by atomic mass is 10.0. The largest absolute Gasteiger partial charge is 0.398 e. The van der Waals surface area contributed by atoms with E-state index < -0.39 is 45.5 Å². The number of hydrogen-bond acceptors (Lipinski definition) is 3. The lowest BCUT2D eigenvalue weighted by Crippen LogP contribution is -2.43. The summed E-state index contributed by atoms with van der Waals surface area (Å²) in [4.78, 5) is 0. The van der Waals surface area contributed by atoms with E-state index >= 15 is 0 Å². The second kappa shape index (κ2) is 5.13. The number of benzene rings is 1. The third kappa shape index (κ3) is 2.94. The van der Waals surface area contributed by atoms with E-state index in [0.29, 0.717) is 0 Å². The van der Waals surface area contributed by atoms with Gasteiger partial charge in [0, 0.05) is 12.1 Å². The summed E-state index contributed by atoms with van der Waals surface area (Å²) in [6.45, 7) is 3.45. The number of halogens is 3. The van der Waals surface area contributed by atoms with Crippen LogP contribution in [0.3, 0.4) is 0 Å². The van der Waals surface area contributed by atoms with Crippen LogP contribution < -0.4 is 5.73 Å². The lowest BCUT2D eigenvalue weighted by molar-refractivity contribution is 0.0170. The first-order valence-electron chi connectivity index (χ1n) is 6.79. The first kappa shape index (κ1) is 17.1. The van der Waals surface area contributed by atoms with Crippen LogP contribution in [-0.4, -0.2) is 29.9 Å². The lowest BCUT2D eigenvalue weighted by Gasteiger charge is -2.31. The molecule has 1 aliphatic rings. The van der Waals surface area contributed by atoms with E-state index in [1.54, 1.807) is 0 Å².